The van der Waals surface area contributed by atoms with E-state index < -0.39 is 12.0 Å². The highest BCUT2D eigenvalue weighted by atomic mass is 127. The fourth-order valence-corrected chi connectivity index (χ4v) is 7.03. The van der Waals surface area contributed by atoms with E-state index in [2.05, 4.69) is 45.2 Å². The quantitative estimate of drug-likeness (QED) is 0.371. The highest BCUT2D eigenvalue weighted by molar-refractivity contribution is 14.1. The lowest BCUT2D eigenvalue weighted by Crippen LogP contribution is -2.45. The molecule has 22 heavy (non-hydrogen) atoms. The Balaban J connectivity index is 1.84. The second-order valence-corrected chi connectivity index (χ2v) is 9.78. The average Bonchev–Trinajstić information content (AvgIpc) is 2.44. The van der Waals surface area contributed by atoms with E-state index in [-0.39, 0.29) is 18.3 Å². The van der Waals surface area contributed by atoms with Gasteiger partial charge in [0.15, 0.2) is 0 Å². The van der Waals surface area contributed by atoms with Crippen molar-refractivity contribution < 1.29 is 19.7 Å². The van der Waals surface area contributed by atoms with Gasteiger partial charge in [-0.25, -0.2) is 0 Å². The molecule has 2 rings (SSSR count). The van der Waals surface area contributed by atoms with Crippen LogP contribution in [0.2, 0.25) is 0 Å². The third-order valence-corrected chi connectivity index (χ3v) is 7.16. The molecule has 0 aromatic heterocycles. The number of hydrogen-bond donors (Lipinski definition) is 3. The van der Waals surface area contributed by atoms with Gasteiger partial charge >= 0.3 is 5.97 Å². The molecule has 4 N–H and O–H groups in total. The number of carboxylic acid groups (broad SMARTS) is 1. The number of carboxylic acids is 1. The van der Waals surface area contributed by atoms with Gasteiger partial charge < -0.3 is 20.7 Å². The molecule has 0 saturated heterocycles. The third-order valence-electron chi connectivity index (χ3n) is 4.73. The molecule has 2 aliphatic carbocycles. The number of aliphatic hydroxyl groups is 1. The molecule has 3 atom stereocenters. The molecule has 128 valence electrons. The van der Waals surface area contributed by atoms with Gasteiger partial charge in [0.1, 0.15) is 6.04 Å². The van der Waals surface area contributed by atoms with Crippen LogP contribution in [0.1, 0.15) is 44.9 Å². The van der Waals surface area contributed by atoms with Crippen LogP contribution in [0.4, 0.5) is 0 Å². The number of alkyl halides is 2. The molecular formula is C15H25I2NO4. The van der Waals surface area contributed by atoms with Crippen molar-refractivity contribution in [3.05, 3.63) is 0 Å². The summed E-state index contributed by atoms with van der Waals surface area (Å²) in [6.07, 6.45) is 6.39. The smallest absolute Gasteiger partial charge is 0.320 e. The van der Waals surface area contributed by atoms with Crippen LogP contribution < -0.4 is 5.73 Å². The first-order valence-electron chi connectivity index (χ1n) is 7.96. The molecule has 0 amide bonds. The summed E-state index contributed by atoms with van der Waals surface area (Å²) in [6.45, 7) is 0. The number of carbonyl (C=O) groups is 1. The lowest BCUT2D eigenvalue weighted by atomic mass is 9.83. The van der Waals surface area contributed by atoms with Crippen LogP contribution in [0.3, 0.4) is 0 Å². The molecule has 7 heteroatoms. The zero-order valence-corrected chi connectivity index (χ0v) is 16.9. The van der Waals surface area contributed by atoms with Crippen molar-refractivity contribution in [2.75, 3.05) is 0 Å². The Morgan fingerprint density at radius 2 is 1.73 bits per heavy atom. The minimum Gasteiger partial charge on any atom is -0.480 e. The van der Waals surface area contributed by atoms with E-state index in [4.69, 9.17) is 15.6 Å². The van der Waals surface area contributed by atoms with Crippen molar-refractivity contribution in [2.45, 2.75) is 77.1 Å². The van der Waals surface area contributed by atoms with E-state index in [1.165, 1.54) is 0 Å². The zero-order chi connectivity index (χ0) is 16.3. The summed E-state index contributed by atoms with van der Waals surface area (Å²) in [5.74, 6) is -0.544. The molecule has 2 fully saturated rings. The van der Waals surface area contributed by atoms with Gasteiger partial charge in [0.2, 0.25) is 0 Å². The topological polar surface area (TPSA) is 92.8 Å². The maximum Gasteiger partial charge on any atom is 0.320 e. The molecule has 0 spiro atoms. The minimum atomic E-state index is -0.908. The van der Waals surface area contributed by atoms with Crippen molar-refractivity contribution >= 4 is 51.2 Å². The molecule has 5 nitrogen and oxygen atoms in total. The van der Waals surface area contributed by atoms with Crippen LogP contribution in [-0.2, 0) is 9.53 Å². The fourth-order valence-electron chi connectivity index (χ4n) is 3.45. The van der Waals surface area contributed by atoms with Gasteiger partial charge in [-0.1, -0.05) is 45.2 Å². The van der Waals surface area contributed by atoms with E-state index in [0.29, 0.717) is 20.2 Å². The number of aliphatic carboxylic acids is 1. The summed E-state index contributed by atoms with van der Waals surface area (Å²) >= 11 is 4.89. The standard InChI is InChI=1S/C15H25I2NO4/c16-11-5-8(7-13(18)15(20)21)6-12(17)14(11)22-10-3-1-9(19)2-4-10/h8-14,19H,1-7,18H2,(H,20,21). The number of halogens is 2. The Labute approximate surface area is 159 Å². The van der Waals surface area contributed by atoms with Gasteiger partial charge in [-0.3, -0.25) is 4.79 Å². The largest absolute Gasteiger partial charge is 0.480 e. The first-order chi connectivity index (χ1) is 10.4. The minimum absolute atomic E-state index is 0.154. The van der Waals surface area contributed by atoms with Crippen LogP contribution in [0.5, 0.6) is 0 Å². The number of nitrogens with two attached hydrogens (primary N) is 1. The van der Waals surface area contributed by atoms with Gasteiger partial charge in [-0.2, -0.15) is 0 Å². The van der Waals surface area contributed by atoms with Gasteiger partial charge in [0.25, 0.3) is 0 Å². The van der Waals surface area contributed by atoms with Crippen molar-refractivity contribution in [3.8, 4) is 0 Å². The monoisotopic (exact) mass is 537 g/mol. The Kier molecular flexibility index (Phi) is 7.63. The molecule has 0 aliphatic heterocycles. The Bertz CT molecular complexity index is 365. The Morgan fingerprint density at radius 1 is 1.18 bits per heavy atom. The normalized spacial score (nSPS) is 41.1. The highest BCUT2D eigenvalue weighted by Crippen LogP contribution is 2.39. The molecule has 0 aromatic rings. The van der Waals surface area contributed by atoms with Crippen LogP contribution in [0, 0.1) is 5.92 Å². The van der Waals surface area contributed by atoms with E-state index >= 15 is 0 Å². The number of ether oxygens (including phenoxy) is 1. The Hall–Kier alpha value is 0.810. The molecule has 2 saturated carbocycles. The van der Waals surface area contributed by atoms with Gasteiger partial charge in [0.05, 0.1) is 18.3 Å². The highest BCUT2D eigenvalue weighted by Gasteiger charge is 2.38. The average molecular weight is 537 g/mol. The Morgan fingerprint density at radius 3 is 2.23 bits per heavy atom. The van der Waals surface area contributed by atoms with Gasteiger partial charge in [-0.05, 0) is 50.9 Å². The number of aliphatic hydroxyl groups excluding tert-OH is 1. The predicted octanol–water partition coefficient (Wildman–Crippen LogP) is 2.49. The van der Waals surface area contributed by atoms with Crippen molar-refractivity contribution in [2.24, 2.45) is 11.7 Å². The van der Waals surface area contributed by atoms with E-state index in [1.807, 2.05) is 0 Å². The summed E-state index contributed by atoms with van der Waals surface area (Å²) in [5.41, 5.74) is 5.68. The maximum absolute atomic E-state index is 10.9. The van der Waals surface area contributed by atoms with E-state index in [1.54, 1.807) is 0 Å². The van der Waals surface area contributed by atoms with E-state index in [9.17, 15) is 9.90 Å². The van der Waals surface area contributed by atoms with Crippen LogP contribution in [0.15, 0.2) is 0 Å². The van der Waals surface area contributed by atoms with E-state index in [0.717, 1.165) is 38.5 Å². The second kappa shape index (κ2) is 8.77. The zero-order valence-electron chi connectivity index (χ0n) is 12.5. The SMILES string of the molecule is NC(CC1CC(I)C(OC2CCC(O)CC2)C(I)C1)C(=O)O. The summed E-state index contributed by atoms with van der Waals surface area (Å²) in [4.78, 5) is 10.9. The number of hydrogen-bond acceptors (Lipinski definition) is 4. The lowest BCUT2D eigenvalue weighted by Gasteiger charge is -2.40. The summed E-state index contributed by atoms with van der Waals surface area (Å²) in [5, 5.41) is 18.5. The van der Waals surface area contributed by atoms with Crippen LogP contribution in [0.25, 0.3) is 0 Å². The van der Waals surface area contributed by atoms with Crippen LogP contribution in [-0.4, -0.2) is 48.4 Å². The molecule has 0 radical (unpaired) electrons. The molecule has 0 heterocycles. The first kappa shape index (κ1) is 19.1. The molecule has 3 unspecified atom stereocenters. The lowest BCUT2D eigenvalue weighted by molar-refractivity contribution is -0.139. The van der Waals surface area contributed by atoms with Crippen LogP contribution >= 0.6 is 45.2 Å². The first-order valence-corrected chi connectivity index (χ1v) is 10.5. The number of rotatable bonds is 5. The molecular weight excluding hydrogens is 512 g/mol. The predicted molar refractivity (Wildman–Crippen MR) is 102 cm³/mol. The molecule has 0 bridgehead atoms. The summed E-state index contributed by atoms with van der Waals surface area (Å²) in [7, 11) is 0. The van der Waals surface area contributed by atoms with Gasteiger partial charge in [-0.15, -0.1) is 0 Å². The summed E-state index contributed by atoms with van der Waals surface area (Å²) < 4.78 is 7.12. The van der Waals surface area contributed by atoms with Crippen molar-refractivity contribution in [3.63, 3.8) is 0 Å². The van der Waals surface area contributed by atoms with Crippen molar-refractivity contribution in [1.29, 1.82) is 0 Å². The molecule has 0 aromatic carbocycles. The second-order valence-electron chi connectivity index (χ2n) is 6.58. The van der Waals surface area contributed by atoms with Gasteiger partial charge in [0, 0.05) is 7.85 Å². The summed E-state index contributed by atoms with van der Waals surface area (Å²) in [6, 6.07) is -0.755. The third kappa shape index (κ3) is 5.42. The maximum atomic E-state index is 10.9. The van der Waals surface area contributed by atoms with Crippen molar-refractivity contribution in [1.82, 2.24) is 0 Å². The fraction of sp³-hybridized carbons (Fsp3) is 0.933. The molecule has 2 aliphatic rings.